The molecule has 1 aliphatic rings. The van der Waals surface area contributed by atoms with E-state index in [-0.39, 0.29) is 23.0 Å². The summed E-state index contributed by atoms with van der Waals surface area (Å²) < 4.78 is 4.79. The summed E-state index contributed by atoms with van der Waals surface area (Å²) in [5, 5.41) is -0.0655. The van der Waals surface area contributed by atoms with Gasteiger partial charge in [-0.3, -0.25) is 9.59 Å². The smallest absolute Gasteiger partial charge is 0.308 e. The van der Waals surface area contributed by atoms with E-state index < -0.39 is 0 Å². The van der Waals surface area contributed by atoms with Crippen LogP contribution in [0.2, 0.25) is 0 Å². The van der Waals surface area contributed by atoms with E-state index in [1.807, 2.05) is 24.0 Å². The minimum atomic E-state index is -0.154. The zero-order valence-corrected chi connectivity index (χ0v) is 14.9. The first-order valence-corrected chi connectivity index (χ1v) is 9.10. The van der Waals surface area contributed by atoms with Gasteiger partial charge in [0.25, 0.3) is 0 Å². The third-order valence-electron chi connectivity index (χ3n) is 4.44. The third-order valence-corrected chi connectivity index (χ3v) is 5.62. The molecule has 1 unspecified atom stereocenters. The number of carbonyl (C=O) groups excluding carboxylic acids is 2. The summed E-state index contributed by atoms with van der Waals surface area (Å²) in [5.41, 5.74) is 2.54. The molecule has 126 valence electrons. The van der Waals surface area contributed by atoms with Gasteiger partial charge in [-0.05, 0) is 37.8 Å². The molecule has 1 amide bonds. The number of esters is 1. The Balaban J connectivity index is 1.81. The van der Waals surface area contributed by atoms with Crippen molar-refractivity contribution in [1.82, 2.24) is 4.90 Å². The summed E-state index contributed by atoms with van der Waals surface area (Å²) in [6.45, 7) is 5.36. The van der Waals surface area contributed by atoms with Crippen molar-refractivity contribution in [2.45, 2.75) is 37.7 Å². The van der Waals surface area contributed by atoms with Gasteiger partial charge in [0.2, 0.25) is 5.91 Å². The Bertz CT molecular complexity index is 553. The van der Waals surface area contributed by atoms with Gasteiger partial charge < -0.3 is 9.64 Å². The second-order valence-corrected chi connectivity index (χ2v) is 7.33. The van der Waals surface area contributed by atoms with Gasteiger partial charge in [0.1, 0.15) is 0 Å². The van der Waals surface area contributed by atoms with Crippen LogP contribution >= 0.6 is 11.8 Å². The number of benzene rings is 1. The van der Waals surface area contributed by atoms with Crippen LogP contribution in [0.4, 0.5) is 0 Å². The van der Waals surface area contributed by atoms with Gasteiger partial charge in [-0.25, -0.2) is 0 Å². The number of thioether (sulfide) groups is 1. The van der Waals surface area contributed by atoms with Crippen LogP contribution in [-0.2, 0) is 20.1 Å². The van der Waals surface area contributed by atoms with Crippen LogP contribution in [0.5, 0.6) is 0 Å². The fraction of sp³-hybridized carbons (Fsp3) is 0.556. The maximum atomic E-state index is 12.5. The Morgan fingerprint density at radius 3 is 2.57 bits per heavy atom. The SMILES string of the molecule is COC(=O)C1CCN(C(=O)C(C)SCc2ccccc2C)CC1. The summed E-state index contributed by atoms with van der Waals surface area (Å²) in [5.74, 6) is 0.808. The lowest BCUT2D eigenvalue weighted by atomic mass is 9.97. The van der Waals surface area contributed by atoms with Gasteiger partial charge in [-0.1, -0.05) is 24.3 Å². The molecule has 0 saturated carbocycles. The van der Waals surface area contributed by atoms with Crippen LogP contribution in [-0.4, -0.2) is 42.2 Å². The highest BCUT2D eigenvalue weighted by atomic mass is 32.2. The van der Waals surface area contributed by atoms with E-state index in [2.05, 4.69) is 19.1 Å². The zero-order valence-electron chi connectivity index (χ0n) is 14.1. The van der Waals surface area contributed by atoms with Crippen LogP contribution in [0, 0.1) is 12.8 Å². The molecular formula is C18H25NO3S. The number of likely N-dealkylation sites (tertiary alicyclic amines) is 1. The summed E-state index contributed by atoms with van der Waals surface area (Å²) in [4.78, 5) is 26.0. The molecule has 5 heteroatoms. The third kappa shape index (κ3) is 4.74. The monoisotopic (exact) mass is 335 g/mol. The number of rotatable bonds is 5. The molecule has 0 radical (unpaired) electrons. The molecule has 0 spiro atoms. The fourth-order valence-corrected chi connectivity index (χ4v) is 3.86. The molecule has 1 saturated heterocycles. The number of hydrogen-bond acceptors (Lipinski definition) is 4. The molecule has 1 fully saturated rings. The quantitative estimate of drug-likeness (QED) is 0.776. The number of amides is 1. The average Bonchev–Trinajstić information content (AvgIpc) is 2.59. The van der Waals surface area contributed by atoms with Crippen molar-refractivity contribution in [3.05, 3.63) is 35.4 Å². The number of ether oxygens (including phenoxy) is 1. The van der Waals surface area contributed by atoms with E-state index >= 15 is 0 Å². The summed E-state index contributed by atoms with van der Waals surface area (Å²) >= 11 is 1.67. The van der Waals surface area contributed by atoms with E-state index in [4.69, 9.17) is 4.74 Å². The van der Waals surface area contributed by atoms with Crippen LogP contribution in [0.3, 0.4) is 0 Å². The molecule has 0 aromatic heterocycles. The normalized spacial score (nSPS) is 16.9. The highest BCUT2D eigenvalue weighted by Crippen LogP contribution is 2.24. The van der Waals surface area contributed by atoms with E-state index in [1.54, 1.807) is 11.8 Å². The van der Waals surface area contributed by atoms with Gasteiger partial charge in [-0.15, -0.1) is 11.8 Å². The van der Waals surface area contributed by atoms with Crippen LogP contribution in [0.25, 0.3) is 0 Å². The molecule has 1 aromatic carbocycles. The van der Waals surface area contributed by atoms with Crippen molar-refractivity contribution in [3.63, 3.8) is 0 Å². The van der Waals surface area contributed by atoms with Crippen molar-refractivity contribution < 1.29 is 14.3 Å². The molecular weight excluding hydrogens is 310 g/mol. The van der Waals surface area contributed by atoms with Crippen LogP contribution in [0.15, 0.2) is 24.3 Å². The molecule has 0 aliphatic carbocycles. The first-order chi connectivity index (χ1) is 11.0. The predicted octanol–water partition coefficient (Wildman–Crippen LogP) is 3.03. The van der Waals surface area contributed by atoms with Gasteiger partial charge >= 0.3 is 5.97 Å². The van der Waals surface area contributed by atoms with Gasteiger partial charge in [-0.2, -0.15) is 0 Å². The Morgan fingerprint density at radius 1 is 1.30 bits per heavy atom. The molecule has 1 aliphatic heterocycles. The van der Waals surface area contributed by atoms with Gasteiger partial charge in [0, 0.05) is 18.8 Å². The van der Waals surface area contributed by atoms with E-state index in [1.165, 1.54) is 18.2 Å². The topological polar surface area (TPSA) is 46.6 Å². The van der Waals surface area contributed by atoms with Gasteiger partial charge in [0.05, 0.1) is 18.3 Å². The molecule has 23 heavy (non-hydrogen) atoms. The highest BCUT2D eigenvalue weighted by molar-refractivity contribution is 7.99. The molecule has 1 aromatic rings. The Kier molecular flexibility index (Phi) is 6.51. The van der Waals surface area contributed by atoms with Crippen LogP contribution in [0.1, 0.15) is 30.9 Å². The molecule has 2 rings (SSSR count). The largest absolute Gasteiger partial charge is 0.469 e. The lowest BCUT2D eigenvalue weighted by Crippen LogP contribution is -2.43. The van der Waals surface area contributed by atoms with E-state index in [0.717, 1.165) is 5.75 Å². The van der Waals surface area contributed by atoms with E-state index in [0.29, 0.717) is 25.9 Å². The number of hydrogen-bond donors (Lipinski definition) is 0. The fourth-order valence-electron chi connectivity index (χ4n) is 2.82. The van der Waals surface area contributed by atoms with Crippen molar-refractivity contribution in [1.29, 1.82) is 0 Å². The van der Waals surface area contributed by atoms with Crippen LogP contribution < -0.4 is 0 Å². The van der Waals surface area contributed by atoms with Gasteiger partial charge in [0.15, 0.2) is 0 Å². The Morgan fingerprint density at radius 2 is 1.96 bits per heavy atom. The van der Waals surface area contributed by atoms with Crippen molar-refractivity contribution >= 4 is 23.6 Å². The zero-order chi connectivity index (χ0) is 16.8. The number of methoxy groups -OCH3 is 1. The first-order valence-electron chi connectivity index (χ1n) is 8.05. The second-order valence-electron chi connectivity index (χ2n) is 6.00. The Hall–Kier alpha value is -1.49. The second kappa shape index (κ2) is 8.39. The average molecular weight is 335 g/mol. The molecule has 0 N–H and O–H groups in total. The highest BCUT2D eigenvalue weighted by Gasteiger charge is 2.29. The van der Waals surface area contributed by atoms with Crippen molar-refractivity contribution in [3.8, 4) is 0 Å². The standard InChI is InChI=1S/C18H25NO3S/c1-13-6-4-5-7-16(13)12-23-14(2)17(20)19-10-8-15(9-11-19)18(21)22-3/h4-7,14-15H,8-12H2,1-3H3. The maximum Gasteiger partial charge on any atom is 0.308 e. The molecule has 1 atom stereocenters. The molecule has 4 nitrogen and oxygen atoms in total. The van der Waals surface area contributed by atoms with Crippen molar-refractivity contribution in [2.24, 2.45) is 5.92 Å². The molecule has 0 bridgehead atoms. The molecule has 1 heterocycles. The predicted molar refractivity (Wildman–Crippen MR) is 93.3 cm³/mol. The number of carbonyl (C=O) groups is 2. The first kappa shape index (κ1) is 17.9. The number of nitrogens with zero attached hydrogens (tertiary/aromatic N) is 1. The van der Waals surface area contributed by atoms with E-state index in [9.17, 15) is 9.59 Å². The minimum Gasteiger partial charge on any atom is -0.469 e. The summed E-state index contributed by atoms with van der Waals surface area (Å²) in [7, 11) is 1.42. The minimum absolute atomic E-state index is 0.0565. The number of piperidine rings is 1. The Labute approximate surface area is 142 Å². The lowest BCUT2D eigenvalue weighted by molar-refractivity contribution is -0.148. The number of aryl methyl sites for hydroxylation is 1. The maximum absolute atomic E-state index is 12.5. The summed E-state index contributed by atoms with van der Waals surface area (Å²) in [6.07, 6.45) is 1.40. The lowest BCUT2D eigenvalue weighted by Gasteiger charge is -2.32. The van der Waals surface area contributed by atoms with Crippen molar-refractivity contribution in [2.75, 3.05) is 20.2 Å². The summed E-state index contributed by atoms with van der Waals surface area (Å²) in [6, 6.07) is 8.28.